The lowest BCUT2D eigenvalue weighted by Crippen LogP contribution is -2.44. The molecule has 7 aromatic rings. The number of halogens is 8. The SMILES string of the molecule is BrC1=CCOCC1.C=C(C(=O)OC)c1ccc(Cl)nc1.CC1(C)CC(C)(c2ccc(Cl)nc2)C(=O)N1.CC1(c2ccc(Cl)nc2)CC(C)(C)N(C2=CCOCC2)C1=O.COC(=O)C(C)(CC(C)(C)[N+](=O)[O-])c1ccc(Cl)nc1.COC(=O)C(CC(C)(C)[N+](=O)[O-])c1ccc(Cl)nc1.COC(=O)Cc1ccc(Cl)nc1.O=C(O)Cc1ccc(Cl)nc1. The van der Waals surface area contributed by atoms with Crippen LogP contribution in [0.25, 0.3) is 5.57 Å². The number of carbonyl (C=O) groups is 7. The second-order valence-corrected chi connectivity index (χ2v) is 34.1. The van der Waals surface area contributed by atoms with Crippen molar-refractivity contribution in [3.63, 3.8) is 0 Å². The number of ether oxygens (including phenoxy) is 6. The minimum atomic E-state index is -1.28. The highest BCUT2D eigenvalue weighted by molar-refractivity contribution is 9.11. The Labute approximate surface area is 740 Å². The molecule has 648 valence electrons. The lowest BCUT2D eigenvalue weighted by Gasteiger charge is -2.34. The highest BCUT2D eigenvalue weighted by atomic mass is 79.9. The van der Waals surface area contributed by atoms with Crippen molar-refractivity contribution in [2.75, 3.05) is 54.9 Å². The van der Waals surface area contributed by atoms with Crippen LogP contribution >= 0.6 is 97.1 Å². The van der Waals surface area contributed by atoms with Gasteiger partial charge in [-0.05, 0) is 160 Å². The molecule has 0 saturated carbocycles. The summed E-state index contributed by atoms with van der Waals surface area (Å²) < 4.78 is 30.2. The van der Waals surface area contributed by atoms with Gasteiger partial charge in [0.2, 0.25) is 22.9 Å². The highest BCUT2D eigenvalue weighted by Crippen LogP contribution is 2.47. The van der Waals surface area contributed by atoms with Crippen molar-refractivity contribution in [3.8, 4) is 0 Å². The topological polar surface area (TPSA) is 387 Å². The summed E-state index contributed by atoms with van der Waals surface area (Å²) in [5.74, 6) is -3.24. The van der Waals surface area contributed by atoms with Gasteiger partial charge in [-0.1, -0.05) is 140 Å². The first-order chi connectivity index (χ1) is 56.0. The monoisotopic (exact) mass is 1860 g/mol. The van der Waals surface area contributed by atoms with Gasteiger partial charge in [0.25, 0.3) is 0 Å². The van der Waals surface area contributed by atoms with Gasteiger partial charge >= 0.3 is 29.8 Å². The summed E-state index contributed by atoms with van der Waals surface area (Å²) >= 11 is 43.0. The Morgan fingerprint density at radius 1 is 0.583 bits per heavy atom. The molecule has 0 radical (unpaired) electrons. The minimum Gasteiger partial charge on any atom is -0.481 e. The van der Waals surface area contributed by atoms with E-state index in [4.69, 9.17) is 105 Å². The molecule has 120 heavy (non-hydrogen) atoms. The fraction of sp³-hybridized carbons (Fsp3) is 0.422. The number of aliphatic carboxylic acids is 1. The van der Waals surface area contributed by atoms with Crippen LogP contribution in [-0.4, -0.2) is 173 Å². The van der Waals surface area contributed by atoms with Gasteiger partial charge in [0.05, 0.1) is 95.4 Å². The first-order valence-corrected chi connectivity index (χ1v) is 40.2. The molecule has 0 aliphatic carbocycles. The Hall–Kier alpha value is -9.21. The quantitative estimate of drug-likeness (QED) is 0.0190. The maximum Gasteiger partial charge on any atom is 0.337 e. The van der Waals surface area contributed by atoms with Crippen LogP contribution in [0.3, 0.4) is 0 Å². The molecular weight excluding hydrogens is 1770 g/mol. The number of nitrogens with zero attached hydrogens (tertiary/aromatic N) is 10. The summed E-state index contributed by atoms with van der Waals surface area (Å²) in [4.78, 5) is 132. The predicted molar refractivity (Wildman–Crippen MR) is 461 cm³/mol. The van der Waals surface area contributed by atoms with E-state index in [-0.39, 0.29) is 65.3 Å². The molecule has 11 heterocycles. The van der Waals surface area contributed by atoms with Gasteiger partial charge in [-0.3, -0.25) is 49.0 Å². The number of carboxylic acids is 1. The molecule has 37 heteroatoms. The molecular formula is C83H97BrCl7N11O18. The Kier molecular flexibility index (Phi) is 40.6. The van der Waals surface area contributed by atoms with Crippen molar-refractivity contribution >= 4 is 144 Å². The fourth-order valence-corrected chi connectivity index (χ4v) is 13.7. The number of hydrogen-bond acceptors (Lipinski definition) is 24. The summed E-state index contributed by atoms with van der Waals surface area (Å²) in [5.41, 5.74) is 1.19. The van der Waals surface area contributed by atoms with Gasteiger partial charge in [0.15, 0.2) is 0 Å². The molecule has 4 aliphatic heterocycles. The maximum absolute atomic E-state index is 13.2. The van der Waals surface area contributed by atoms with Crippen LogP contribution in [0.15, 0.2) is 157 Å². The van der Waals surface area contributed by atoms with Gasteiger partial charge < -0.3 is 43.7 Å². The highest BCUT2D eigenvalue weighted by Gasteiger charge is 2.55. The van der Waals surface area contributed by atoms with E-state index >= 15 is 0 Å². The van der Waals surface area contributed by atoms with E-state index in [1.807, 2.05) is 56.9 Å². The van der Waals surface area contributed by atoms with Crippen molar-refractivity contribution in [2.45, 2.75) is 172 Å². The van der Waals surface area contributed by atoms with E-state index in [0.717, 1.165) is 61.3 Å². The first-order valence-electron chi connectivity index (χ1n) is 36.7. The van der Waals surface area contributed by atoms with Gasteiger partial charge in [-0.15, -0.1) is 0 Å². The number of nitrogens with one attached hydrogen (secondary N) is 1. The number of hydrogen-bond donors (Lipinski definition) is 2. The summed E-state index contributed by atoms with van der Waals surface area (Å²) in [6.45, 7) is 26.2. The normalized spacial score (nSPS) is 17.4. The second-order valence-electron chi connectivity index (χ2n) is 30.4. The molecule has 4 aliphatic rings. The van der Waals surface area contributed by atoms with Crippen LogP contribution in [0.5, 0.6) is 0 Å². The van der Waals surface area contributed by atoms with Crippen molar-refractivity contribution in [1.82, 2.24) is 45.1 Å². The van der Waals surface area contributed by atoms with Crippen LogP contribution in [0, 0.1) is 20.2 Å². The average Bonchev–Trinajstić information content (AvgIpc) is 1.58. The molecule has 2 N–H and O–H groups in total. The number of likely N-dealkylation sites (tertiary alicyclic amines) is 1. The molecule has 4 atom stereocenters. The fourth-order valence-electron chi connectivity index (χ4n) is 12.6. The Balaban J connectivity index is 0.000000293. The standard InChI is InChI=1S/C17H21ClN2O2.C13H17ClN2O4.C12H15ClN2O4.C12H15ClN2O.C9H8ClNO2.C8H8ClNO2.C7H6ClNO2.C5H7BrO/c1-16(2)11-17(3,12-4-5-14(18)19-10-12)15(21)20(16)13-6-8-22-9-7-13;1-12(2,16(18)19)8-13(3,11(17)20-4)9-5-6-10(14)15-7-9;1-12(2,15(17)18)6-9(11(16)19-3)8-4-5-10(13)14-7-8;1-11(2)7-12(3,10(16)15-11)8-4-5-9(13)14-6-8;1-6(9(12)13-2)7-3-4-8(10)11-5-7;1-12-8(11)4-6-2-3-7(9)10-5-6;8-6-2-1-5(4-9-6)3-7(10)11;6-5-1-3-7-4-2-5/h4-6,10H,7-9,11H2,1-3H3;5-7H,8H2,1-4H3;4-5,7,9H,6H2,1-3H3;4-6H,7H2,1-3H3,(H,15,16);3-5H,1H2,2H3;2-3,5H,4H2,1H3;1-2,4H,3H2,(H,10,11);1H,2-4H2. The van der Waals surface area contributed by atoms with E-state index in [2.05, 4.69) is 86.0 Å². The van der Waals surface area contributed by atoms with Crippen LogP contribution in [-0.2, 0) is 91.1 Å². The van der Waals surface area contributed by atoms with E-state index in [1.54, 1.807) is 86.2 Å². The molecule has 0 bridgehead atoms. The molecule has 0 aromatic carbocycles. The van der Waals surface area contributed by atoms with Crippen LogP contribution < -0.4 is 5.32 Å². The first kappa shape index (κ1) is 103. The molecule has 2 fully saturated rings. The minimum absolute atomic E-state index is 0.00975. The smallest absolute Gasteiger partial charge is 0.337 e. The van der Waals surface area contributed by atoms with E-state index in [0.29, 0.717) is 66.4 Å². The lowest BCUT2D eigenvalue weighted by molar-refractivity contribution is -0.563. The van der Waals surface area contributed by atoms with Crippen molar-refractivity contribution < 1.29 is 76.9 Å². The number of amides is 2. The zero-order valence-electron chi connectivity index (χ0n) is 68.9. The Morgan fingerprint density at radius 3 is 1.42 bits per heavy atom. The van der Waals surface area contributed by atoms with Crippen LogP contribution in [0.1, 0.15) is 160 Å². The van der Waals surface area contributed by atoms with Gasteiger partial charge in [0.1, 0.15) is 36.1 Å². The van der Waals surface area contributed by atoms with E-state index in [9.17, 15) is 53.8 Å². The number of esters is 4. The molecule has 11 rings (SSSR count). The Bertz CT molecular complexity index is 4710. The summed E-state index contributed by atoms with van der Waals surface area (Å²) in [5, 5.41) is 36.1. The third-order valence-corrected chi connectivity index (χ3v) is 21.1. The number of nitro groups is 2. The zero-order chi connectivity index (χ0) is 90.3. The maximum atomic E-state index is 13.2. The van der Waals surface area contributed by atoms with E-state index in [1.165, 1.54) is 97.5 Å². The molecule has 2 saturated heterocycles. The molecule has 4 unspecified atom stereocenters. The Morgan fingerprint density at radius 2 is 1.05 bits per heavy atom. The predicted octanol–water partition coefficient (Wildman–Crippen LogP) is 17.1. The molecule has 0 spiro atoms. The van der Waals surface area contributed by atoms with Gasteiger partial charge in [-0.2, -0.15) is 0 Å². The number of rotatable bonds is 19. The molecule has 7 aromatic heterocycles. The van der Waals surface area contributed by atoms with Crippen LogP contribution in [0.4, 0.5) is 0 Å². The van der Waals surface area contributed by atoms with Gasteiger partial charge in [-0.25, -0.2) is 39.7 Å². The van der Waals surface area contributed by atoms with E-state index < -0.39 is 67.0 Å². The van der Waals surface area contributed by atoms with Crippen molar-refractivity contribution in [3.05, 3.63) is 252 Å². The lowest BCUT2D eigenvalue weighted by atomic mass is 9.74. The third kappa shape index (κ3) is 32.0. The number of carboxylic acid groups (broad SMARTS) is 1. The third-order valence-electron chi connectivity index (χ3n) is 18.8. The average molecular weight is 1860 g/mol. The summed E-state index contributed by atoms with van der Waals surface area (Å²) in [6, 6.07) is 23.4. The number of aromatic nitrogens is 7. The summed E-state index contributed by atoms with van der Waals surface area (Å²) in [6.07, 6.45) is 18.4. The number of methoxy groups -OCH3 is 4. The van der Waals surface area contributed by atoms with Crippen LogP contribution in [0.2, 0.25) is 36.1 Å². The zero-order valence-corrected chi connectivity index (χ0v) is 75.8. The van der Waals surface area contributed by atoms with Crippen molar-refractivity contribution in [2.24, 2.45) is 0 Å². The molecule has 2 amide bonds. The number of pyridine rings is 7. The largest absolute Gasteiger partial charge is 0.481 e. The second kappa shape index (κ2) is 47.3. The van der Waals surface area contributed by atoms with Crippen molar-refractivity contribution in [1.29, 1.82) is 0 Å². The number of carbonyl (C=O) groups excluding carboxylic acids is 6. The molecule has 29 nitrogen and oxygen atoms in total. The van der Waals surface area contributed by atoms with Gasteiger partial charge in [0, 0.05) is 129 Å². The summed E-state index contributed by atoms with van der Waals surface area (Å²) in [7, 11) is 5.16.